The number of aromatic nitrogens is 1. The number of H-pyrrole nitrogens is 1. The predicted molar refractivity (Wildman–Crippen MR) is 84.0 cm³/mol. The highest BCUT2D eigenvalue weighted by atomic mass is 79.9. The van der Waals surface area contributed by atoms with E-state index in [0.717, 1.165) is 22.5 Å². The molecule has 1 aliphatic heterocycles. The molecule has 0 fully saturated rings. The highest BCUT2D eigenvalue weighted by Crippen LogP contribution is 2.21. The molecule has 1 aromatic heterocycles. The normalized spacial score (nSPS) is 15.9. The van der Waals surface area contributed by atoms with Gasteiger partial charge in [0.25, 0.3) is 5.71 Å². The molecule has 2 heterocycles. The quantitative estimate of drug-likeness (QED) is 0.654. The zero-order valence-electron chi connectivity index (χ0n) is 14.0. The van der Waals surface area contributed by atoms with Crippen molar-refractivity contribution in [2.45, 2.75) is 41.5 Å². The maximum Gasteiger partial charge on any atom is 0.403 e. The molecule has 0 radical (unpaired) electrons. The molecule has 0 unspecified atom stereocenters. The summed E-state index contributed by atoms with van der Waals surface area (Å²) in [6, 6.07) is 0. The van der Waals surface area contributed by atoms with Crippen LogP contribution in [0.15, 0.2) is 16.8 Å². The minimum Gasteiger partial charge on any atom is -1.00 e. The van der Waals surface area contributed by atoms with Gasteiger partial charge in [0.1, 0.15) is 0 Å². The summed E-state index contributed by atoms with van der Waals surface area (Å²) < 4.78 is 5.08. The molecule has 0 amide bonds. The molecule has 120 valence electrons. The summed E-state index contributed by atoms with van der Waals surface area (Å²) in [4.78, 5) is 18.5. The van der Waals surface area contributed by atoms with Crippen molar-refractivity contribution in [3.8, 4) is 0 Å². The summed E-state index contributed by atoms with van der Waals surface area (Å²) in [6.45, 7) is 12.4. The summed E-state index contributed by atoms with van der Waals surface area (Å²) >= 11 is 0. The van der Waals surface area contributed by atoms with Gasteiger partial charge in [-0.2, -0.15) is 4.99 Å². The molecule has 2 N–H and O–H groups in total. The fraction of sp³-hybridized carbons (Fsp3) is 0.412. The van der Waals surface area contributed by atoms with E-state index in [0.29, 0.717) is 12.3 Å². The van der Waals surface area contributed by atoms with Gasteiger partial charge in [0.05, 0.1) is 6.61 Å². The molecule has 0 aromatic carbocycles. The first kappa shape index (κ1) is 18.4. The molecule has 2 rings (SSSR count). The van der Waals surface area contributed by atoms with Gasteiger partial charge in [-0.15, -0.1) is 0 Å². The van der Waals surface area contributed by atoms with Crippen molar-refractivity contribution in [3.63, 3.8) is 0 Å². The summed E-state index contributed by atoms with van der Waals surface area (Å²) in [7, 11) is 0. The van der Waals surface area contributed by atoms with Crippen LogP contribution in [0.25, 0.3) is 6.08 Å². The Balaban J connectivity index is 0.00000242. The summed E-state index contributed by atoms with van der Waals surface area (Å²) in [5.41, 5.74) is 8.25. The Morgan fingerprint density at radius 3 is 2.27 bits per heavy atom. The van der Waals surface area contributed by atoms with Gasteiger partial charge < -0.3 is 26.7 Å². The second kappa shape index (κ2) is 7.09. The van der Waals surface area contributed by atoms with Crippen LogP contribution in [-0.4, -0.2) is 23.3 Å². The number of rotatable bonds is 3. The second-order valence-corrected chi connectivity index (χ2v) is 5.44. The molecule has 22 heavy (non-hydrogen) atoms. The van der Waals surface area contributed by atoms with Crippen LogP contribution in [0.5, 0.6) is 0 Å². The molecule has 0 aliphatic carbocycles. The second-order valence-electron chi connectivity index (χ2n) is 5.44. The minimum atomic E-state index is -0.298. The third-order valence-corrected chi connectivity index (χ3v) is 4.22. The Labute approximate surface area is 142 Å². The van der Waals surface area contributed by atoms with Crippen LogP contribution >= 0.6 is 0 Å². The molecular formula is C17H23BrN2O2. The number of hydrogen-bond donors (Lipinski definition) is 2. The number of aryl methyl sites for hydroxylation is 1. The van der Waals surface area contributed by atoms with Gasteiger partial charge in [-0.05, 0) is 52.7 Å². The van der Waals surface area contributed by atoms with E-state index < -0.39 is 0 Å². The van der Waals surface area contributed by atoms with Crippen LogP contribution < -0.4 is 22.0 Å². The Hall–Kier alpha value is -1.62. The number of hydrogen-bond acceptors (Lipinski definition) is 2. The van der Waals surface area contributed by atoms with Gasteiger partial charge in [0, 0.05) is 28.6 Å². The number of carbonyl (C=O) groups excluding carboxylic acids is 1. The lowest BCUT2D eigenvalue weighted by atomic mass is 10.1. The lowest BCUT2D eigenvalue weighted by Gasteiger charge is -1.96. The summed E-state index contributed by atoms with van der Waals surface area (Å²) in [5.74, 6) is -0.298. The van der Waals surface area contributed by atoms with E-state index in [-0.39, 0.29) is 23.0 Å². The fourth-order valence-corrected chi connectivity index (χ4v) is 2.42. The monoisotopic (exact) mass is 366 g/mol. The standard InChI is InChI=1S/C17H22N2O2.BrH/c1-7-21-17(20)16-12(5)11(4)15(19-16)8-14-10(3)9(2)13(6)18-14;/h8,18H,7H2,1-6H3;1H/b15-8-;. The van der Waals surface area contributed by atoms with E-state index >= 15 is 0 Å². The summed E-state index contributed by atoms with van der Waals surface area (Å²) in [6.07, 6.45) is 2.06. The molecule has 0 saturated carbocycles. The highest BCUT2D eigenvalue weighted by molar-refractivity contribution is 6.41. The molecule has 1 aliphatic rings. The maximum absolute atomic E-state index is 11.9. The first-order valence-electron chi connectivity index (χ1n) is 7.23. The number of esters is 1. The van der Waals surface area contributed by atoms with E-state index in [9.17, 15) is 4.79 Å². The Bertz CT molecular complexity index is 694. The van der Waals surface area contributed by atoms with Gasteiger partial charge in [-0.1, -0.05) is 0 Å². The highest BCUT2D eigenvalue weighted by Gasteiger charge is 2.31. The van der Waals surface area contributed by atoms with Crippen LogP contribution in [0.2, 0.25) is 0 Å². The van der Waals surface area contributed by atoms with Crippen molar-refractivity contribution in [1.29, 1.82) is 0 Å². The maximum atomic E-state index is 11.9. The molecule has 1 aromatic rings. The minimum absolute atomic E-state index is 0. The number of aromatic amines is 1. The Morgan fingerprint density at radius 1 is 1.14 bits per heavy atom. The van der Waals surface area contributed by atoms with Crippen molar-refractivity contribution in [3.05, 3.63) is 39.4 Å². The lowest BCUT2D eigenvalue weighted by Crippen LogP contribution is -3.00. The van der Waals surface area contributed by atoms with E-state index in [1.807, 2.05) is 20.8 Å². The molecule has 0 atom stereocenters. The Morgan fingerprint density at radius 2 is 1.77 bits per heavy atom. The van der Waals surface area contributed by atoms with Crippen molar-refractivity contribution in [2.24, 2.45) is 0 Å². The van der Waals surface area contributed by atoms with E-state index in [1.165, 1.54) is 16.8 Å². The Kier molecular flexibility index (Phi) is 5.94. The van der Waals surface area contributed by atoms with Gasteiger partial charge in [0.15, 0.2) is 0 Å². The molecule has 0 spiro atoms. The van der Waals surface area contributed by atoms with E-state index in [1.54, 1.807) is 0 Å². The first-order valence-corrected chi connectivity index (χ1v) is 7.23. The van der Waals surface area contributed by atoms with Crippen molar-refractivity contribution >= 4 is 17.8 Å². The first-order chi connectivity index (χ1) is 9.86. The van der Waals surface area contributed by atoms with E-state index in [2.05, 4.69) is 36.8 Å². The molecular weight excluding hydrogens is 344 g/mol. The van der Waals surface area contributed by atoms with Crippen LogP contribution in [0, 0.1) is 20.8 Å². The van der Waals surface area contributed by atoms with Gasteiger partial charge in [-0.3, -0.25) is 0 Å². The SMILES string of the molecule is CCOC(=O)C1=[NH+]/C(=C\c2[nH]c(C)c(C)c2C)C(C)=C1C.[Br-]. The molecule has 5 heteroatoms. The van der Waals surface area contributed by atoms with Crippen LogP contribution in [0.4, 0.5) is 0 Å². The lowest BCUT2D eigenvalue weighted by molar-refractivity contribution is -0.386. The smallest absolute Gasteiger partial charge is 0.403 e. The zero-order valence-corrected chi connectivity index (χ0v) is 15.6. The van der Waals surface area contributed by atoms with Crippen molar-refractivity contribution in [2.75, 3.05) is 6.61 Å². The average molecular weight is 367 g/mol. The topological polar surface area (TPSA) is 56.1 Å². The number of ether oxygens (including phenoxy) is 1. The van der Waals surface area contributed by atoms with Crippen LogP contribution in [0.1, 0.15) is 43.3 Å². The van der Waals surface area contributed by atoms with Crippen LogP contribution in [-0.2, 0) is 9.53 Å². The zero-order chi connectivity index (χ0) is 15.7. The van der Waals surface area contributed by atoms with Crippen molar-refractivity contribution < 1.29 is 31.5 Å². The van der Waals surface area contributed by atoms with Gasteiger partial charge >= 0.3 is 5.97 Å². The number of carbonyl (C=O) groups is 1. The van der Waals surface area contributed by atoms with Crippen molar-refractivity contribution in [1.82, 2.24) is 4.98 Å². The van der Waals surface area contributed by atoms with Crippen LogP contribution in [0.3, 0.4) is 0 Å². The molecule has 0 bridgehead atoms. The van der Waals surface area contributed by atoms with E-state index in [4.69, 9.17) is 4.74 Å². The summed E-state index contributed by atoms with van der Waals surface area (Å²) in [5, 5.41) is 0. The number of nitrogens with one attached hydrogen (secondary N) is 2. The van der Waals surface area contributed by atoms with Gasteiger partial charge in [0.2, 0.25) is 5.70 Å². The largest absolute Gasteiger partial charge is 1.00 e. The molecule has 0 saturated heterocycles. The van der Waals surface area contributed by atoms with Gasteiger partial charge in [-0.25, -0.2) is 4.79 Å². The average Bonchev–Trinajstić information content (AvgIpc) is 2.85. The number of halogens is 1. The third-order valence-electron chi connectivity index (χ3n) is 4.22. The number of allylic oxidation sites excluding steroid dienone is 1. The predicted octanol–water partition coefficient (Wildman–Crippen LogP) is -1.28. The molecule has 4 nitrogen and oxygen atoms in total. The fourth-order valence-electron chi connectivity index (χ4n) is 2.42. The third kappa shape index (κ3) is 3.24.